The molecule has 2 N–H and O–H groups in total. The van der Waals surface area contributed by atoms with E-state index in [-0.39, 0.29) is 18.5 Å². The van der Waals surface area contributed by atoms with Crippen molar-refractivity contribution >= 4 is 11.6 Å². The predicted octanol–water partition coefficient (Wildman–Crippen LogP) is 3.83. The van der Waals surface area contributed by atoms with Crippen LogP contribution in [0.5, 0.6) is 17.4 Å². The Bertz CT molecular complexity index is 1120. The normalized spacial score (nSPS) is 15.7. The molecule has 0 saturated heterocycles. The molecule has 8 nitrogen and oxygen atoms in total. The Morgan fingerprint density at radius 1 is 1.21 bits per heavy atom. The molecular formula is C21H21N5O3. The highest BCUT2D eigenvalue weighted by atomic mass is 16.5. The van der Waals surface area contributed by atoms with E-state index in [2.05, 4.69) is 14.9 Å². The van der Waals surface area contributed by atoms with Gasteiger partial charge < -0.3 is 24.8 Å². The number of nitrogens with zero attached hydrogens (tertiary/aromatic N) is 4. The van der Waals surface area contributed by atoms with E-state index in [9.17, 15) is 0 Å². The summed E-state index contributed by atoms with van der Waals surface area (Å²) in [5.41, 5.74) is 9.29. The number of pyridine rings is 1. The first-order chi connectivity index (χ1) is 14.0. The number of rotatable bonds is 0. The van der Waals surface area contributed by atoms with Crippen molar-refractivity contribution < 1.29 is 14.2 Å². The van der Waals surface area contributed by atoms with E-state index in [1.807, 2.05) is 32.0 Å². The highest BCUT2D eigenvalue weighted by Gasteiger charge is 2.23. The van der Waals surface area contributed by atoms with Crippen molar-refractivity contribution in [3.63, 3.8) is 0 Å². The number of benzene rings is 1. The Hall–Kier alpha value is -3.73. The van der Waals surface area contributed by atoms with Crippen LogP contribution in [0.25, 0.3) is 16.0 Å². The van der Waals surface area contributed by atoms with Gasteiger partial charge in [-0.15, -0.1) is 0 Å². The van der Waals surface area contributed by atoms with Gasteiger partial charge in [-0.2, -0.15) is 4.68 Å². The van der Waals surface area contributed by atoms with Crippen LogP contribution in [0, 0.1) is 13.5 Å². The lowest BCUT2D eigenvalue weighted by Crippen LogP contribution is -2.12. The van der Waals surface area contributed by atoms with Gasteiger partial charge in [-0.05, 0) is 32.0 Å². The fraction of sp³-hybridized carbons (Fsp3) is 0.286. The number of nitrogens with two attached hydrogens (primary N) is 1. The number of aryl methyl sites for hydroxylation is 2. The van der Waals surface area contributed by atoms with Gasteiger partial charge >= 0.3 is 0 Å². The fourth-order valence-electron chi connectivity index (χ4n) is 3.32. The lowest BCUT2D eigenvalue weighted by Gasteiger charge is -2.20. The Balaban J connectivity index is 1.86. The van der Waals surface area contributed by atoms with Gasteiger partial charge in [0.25, 0.3) is 11.7 Å². The molecule has 1 aliphatic rings. The molecule has 148 valence electrons. The average molecular weight is 391 g/mol. The molecule has 1 atom stereocenters. The van der Waals surface area contributed by atoms with E-state index in [4.69, 9.17) is 26.5 Å². The summed E-state index contributed by atoms with van der Waals surface area (Å²) in [5.74, 6) is 2.10. The third-order valence-corrected chi connectivity index (χ3v) is 4.75. The zero-order chi connectivity index (χ0) is 20.5. The largest absolute Gasteiger partial charge is 0.490 e. The van der Waals surface area contributed by atoms with Gasteiger partial charge in [0.2, 0.25) is 0 Å². The Morgan fingerprint density at radius 3 is 2.79 bits per heavy atom. The van der Waals surface area contributed by atoms with Crippen molar-refractivity contribution in [2.24, 2.45) is 7.05 Å². The van der Waals surface area contributed by atoms with E-state index in [0.717, 1.165) is 16.9 Å². The Labute approximate surface area is 168 Å². The first-order valence-corrected chi connectivity index (χ1v) is 9.21. The van der Waals surface area contributed by atoms with Gasteiger partial charge in [0.05, 0.1) is 12.6 Å². The summed E-state index contributed by atoms with van der Waals surface area (Å²) in [6, 6.07) is 7.71. The van der Waals surface area contributed by atoms with Crippen molar-refractivity contribution in [2.45, 2.75) is 20.0 Å². The molecule has 0 aliphatic carbocycles. The van der Waals surface area contributed by atoms with Crippen LogP contribution in [0.2, 0.25) is 0 Å². The van der Waals surface area contributed by atoms with Crippen LogP contribution in [0.4, 0.5) is 11.6 Å². The van der Waals surface area contributed by atoms with Gasteiger partial charge in [-0.1, -0.05) is 23.3 Å². The minimum Gasteiger partial charge on any atom is -0.490 e. The van der Waals surface area contributed by atoms with E-state index < -0.39 is 0 Å². The summed E-state index contributed by atoms with van der Waals surface area (Å²) < 4.78 is 19.5. The summed E-state index contributed by atoms with van der Waals surface area (Å²) in [6.45, 7) is 12.1. The number of fused-ring (bicyclic) bond motifs is 5. The molecule has 4 rings (SSSR count). The van der Waals surface area contributed by atoms with Crippen LogP contribution < -0.4 is 19.9 Å². The molecule has 0 fully saturated rings. The highest BCUT2D eigenvalue weighted by molar-refractivity contribution is 5.82. The SMILES string of the molecule is [C-]#[N+]c1c2c(nn1C)OCCOc1ccc(C)cc1[C@@H](C)Oc1cc-2cnc1N. The molecule has 3 aromatic rings. The van der Waals surface area contributed by atoms with Gasteiger partial charge in [0.1, 0.15) is 25.1 Å². The molecule has 0 amide bonds. The van der Waals surface area contributed by atoms with Crippen molar-refractivity contribution in [3.05, 3.63) is 53.0 Å². The van der Waals surface area contributed by atoms with Crippen molar-refractivity contribution in [2.75, 3.05) is 18.9 Å². The molecule has 0 unspecified atom stereocenters. The van der Waals surface area contributed by atoms with E-state index in [1.54, 1.807) is 19.3 Å². The molecule has 2 aromatic heterocycles. The second kappa shape index (κ2) is 7.36. The van der Waals surface area contributed by atoms with Crippen molar-refractivity contribution in [1.29, 1.82) is 0 Å². The molecule has 2 bridgehead atoms. The first-order valence-electron chi connectivity index (χ1n) is 9.21. The smallest absolute Gasteiger partial charge is 0.263 e. The molecule has 0 saturated carbocycles. The quantitative estimate of drug-likeness (QED) is 0.586. The maximum atomic E-state index is 7.54. The minimum absolute atomic E-state index is 0.265. The number of ether oxygens (including phenoxy) is 3. The van der Waals surface area contributed by atoms with Gasteiger partial charge in [-0.3, -0.25) is 0 Å². The molecule has 1 aliphatic heterocycles. The zero-order valence-corrected chi connectivity index (χ0v) is 16.5. The molecular weight excluding hydrogens is 370 g/mol. The lowest BCUT2D eigenvalue weighted by molar-refractivity contribution is 0.195. The molecule has 29 heavy (non-hydrogen) atoms. The fourth-order valence-corrected chi connectivity index (χ4v) is 3.32. The van der Waals surface area contributed by atoms with Gasteiger partial charge in [-0.25, -0.2) is 4.98 Å². The highest BCUT2D eigenvalue weighted by Crippen LogP contribution is 2.41. The monoisotopic (exact) mass is 391 g/mol. The topological polar surface area (TPSA) is 88.8 Å². The molecule has 1 aromatic carbocycles. The standard InChI is InChI=1S/C21H21N5O3/c1-12-5-6-16-15(9-12)13(2)29-17-10-14(11-24-19(17)22)18-20(23-3)26(4)25-21(18)28-8-7-27-16/h5-6,9-11,13H,7-8H2,1-2,4H3,(H2,22,24)/t13-/m1/s1. The molecule has 0 spiro atoms. The number of aromatic nitrogens is 3. The number of nitrogen functional groups attached to an aromatic ring is 1. The molecule has 0 radical (unpaired) electrons. The Kier molecular flexibility index (Phi) is 4.72. The second-order valence-corrected chi connectivity index (χ2v) is 6.84. The zero-order valence-electron chi connectivity index (χ0n) is 16.5. The summed E-state index contributed by atoms with van der Waals surface area (Å²) in [5, 5.41) is 4.35. The third-order valence-electron chi connectivity index (χ3n) is 4.75. The third kappa shape index (κ3) is 3.43. The second-order valence-electron chi connectivity index (χ2n) is 6.84. The molecule has 8 heteroatoms. The number of anilines is 1. The molecule has 3 heterocycles. The van der Waals surface area contributed by atoms with Crippen LogP contribution in [0.1, 0.15) is 24.2 Å². The predicted molar refractivity (Wildman–Crippen MR) is 108 cm³/mol. The number of hydrogen-bond acceptors (Lipinski definition) is 6. The maximum absolute atomic E-state index is 7.54. The average Bonchev–Trinajstić information content (AvgIpc) is 3.02. The van der Waals surface area contributed by atoms with Crippen LogP contribution >= 0.6 is 0 Å². The van der Waals surface area contributed by atoms with E-state index in [0.29, 0.717) is 35.2 Å². The van der Waals surface area contributed by atoms with Crippen molar-refractivity contribution in [1.82, 2.24) is 14.8 Å². The summed E-state index contributed by atoms with van der Waals surface area (Å²) in [7, 11) is 1.70. The summed E-state index contributed by atoms with van der Waals surface area (Å²) in [6.07, 6.45) is 1.28. The van der Waals surface area contributed by atoms with Crippen LogP contribution in [-0.4, -0.2) is 28.0 Å². The van der Waals surface area contributed by atoms with Crippen LogP contribution in [0.15, 0.2) is 30.5 Å². The Morgan fingerprint density at radius 2 is 2.00 bits per heavy atom. The van der Waals surface area contributed by atoms with Gasteiger partial charge in [0, 0.05) is 17.3 Å². The van der Waals surface area contributed by atoms with Crippen LogP contribution in [0.3, 0.4) is 0 Å². The maximum Gasteiger partial charge on any atom is 0.263 e. The van der Waals surface area contributed by atoms with E-state index >= 15 is 0 Å². The number of hydrogen-bond donors (Lipinski definition) is 1. The van der Waals surface area contributed by atoms with Gasteiger partial charge in [0.15, 0.2) is 11.6 Å². The first kappa shape index (κ1) is 18.6. The summed E-state index contributed by atoms with van der Waals surface area (Å²) in [4.78, 5) is 7.87. The lowest BCUT2D eigenvalue weighted by atomic mass is 10.1. The minimum atomic E-state index is -0.320. The van der Waals surface area contributed by atoms with Crippen LogP contribution in [-0.2, 0) is 7.05 Å². The summed E-state index contributed by atoms with van der Waals surface area (Å²) >= 11 is 0. The van der Waals surface area contributed by atoms with Crippen molar-refractivity contribution in [3.8, 4) is 28.5 Å². The van der Waals surface area contributed by atoms with E-state index in [1.165, 1.54) is 4.68 Å².